The highest BCUT2D eigenvalue weighted by atomic mass is 35.5. The number of halogens is 1. The number of rotatable bonds is 4. The van der Waals surface area contributed by atoms with Gasteiger partial charge in [-0.15, -0.1) is 12.4 Å². The maximum Gasteiger partial charge on any atom is 0.137 e. The van der Waals surface area contributed by atoms with Gasteiger partial charge in [0.15, 0.2) is 0 Å². The predicted octanol–water partition coefficient (Wildman–Crippen LogP) is 5.80. The topological polar surface area (TPSA) is 49.1 Å². The van der Waals surface area contributed by atoms with Crippen LogP contribution in [0, 0.1) is 18.3 Å². The number of aryl methyl sites for hydroxylation is 1. The van der Waals surface area contributed by atoms with Gasteiger partial charge in [0.1, 0.15) is 18.4 Å². The van der Waals surface area contributed by atoms with Gasteiger partial charge in [-0.05, 0) is 49.6 Å². The number of fused-ring (bicyclic) bond motifs is 1. The minimum absolute atomic E-state index is 0. The SMILES string of the molecule is Cc1cc(N2CCCCCC2)c2ccc(COc3ccccc3C#N)cc2n1.Cl. The molecule has 0 amide bonds. The fourth-order valence-corrected chi connectivity index (χ4v) is 3.89. The van der Waals surface area contributed by atoms with E-state index >= 15 is 0 Å². The van der Waals surface area contributed by atoms with Gasteiger partial charge in [0.25, 0.3) is 0 Å². The van der Waals surface area contributed by atoms with Crippen LogP contribution in [-0.4, -0.2) is 18.1 Å². The molecule has 0 radical (unpaired) electrons. The Labute approximate surface area is 178 Å². The molecule has 1 aromatic heterocycles. The lowest BCUT2D eigenvalue weighted by Crippen LogP contribution is -2.24. The van der Waals surface area contributed by atoms with Crippen LogP contribution in [0.5, 0.6) is 5.75 Å². The lowest BCUT2D eigenvalue weighted by molar-refractivity contribution is 0.305. The molecule has 1 aliphatic rings. The second-order valence-corrected chi connectivity index (χ2v) is 7.43. The highest BCUT2D eigenvalue weighted by Gasteiger charge is 2.14. The third kappa shape index (κ3) is 4.81. The van der Waals surface area contributed by atoms with Crippen molar-refractivity contribution in [1.82, 2.24) is 4.98 Å². The molecule has 0 N–H and O–H groups in total. The first-order valence-electron chi connectivity index (χ1n) is 10.0. The normalized spacial score (nSPS) is 14.0. The Morgan fingerprint density at radius 1 is 1.03 bits per heavy atom. The first-order chi connectivity index (χ1) is 13.7. The van der Waals surface area contributed by atoms with Crippen molar-refractivity contribution in [2.75, 3.05) is 18.0 Å². The summed E-state index contributed by atoms with van der Waals surface area (Å²) in [7, 11) is 0. The summed E-state index contributed by atoms with van der Waals surface area (Å²) in [4.78, 5) is 7.29. The standard InChI is InChI=1S/C24H25N3O.ClH/c1-18-14-23(27-12-6-2-3-7-13-27)21-11-10-19(15-22(21)26-18)17-28-24-9-5-4-8-20(24)16-25;/h4-5,8-11,14-15H,2-3,6-7,12-13,17H2,1H3;1H. The van der Waals surface area contributed by atoms with Gasteiger partial charge in [-0.2, -0.15) is 5.26 Å². The number of hydrogen-bond acceptors (Lipinski definition) is 4. The van der Waals surface area contributed by atoms with E-state index in [1.807, 2.05) is 18.2 Å². The van der Waals surface area contributed by atoms with Crippen LogP contribution in [0.3, 0.4) is 0 Å². The quantitative estimate of drug-likeness (QED) is 0.548. The molecular weight excluding hydrogens is 382 g/mol. The molecule has 0 saturated carbocycles. The van der Waals surface area contributed by atoms with E-state index in [2.05, 4.69) is 42.2 Å². The van der Waals surface area contributed by atoms with E-state index in [9.17, 15) is 5.26 Å². The number of benzene rings is 2. The van der Waals surface area contributed by atoms with Crippen molar-refractivity contribution in [1.29, 1.82) is 5.26 Å². The third-order valence-corrected chi connectivity index (χ3v) is 5.33. The van der Waals surface area contributed by atoms with Gasteiger partial charge < -0.3 is 9.64 Å². The number of ether oxygens (including phenoxy) is 1. The zero-order valence-corrected chi connectivity index (χ0v) is 17.5. The number of anilines is 1. The number of para-hydroxylation sites is 1. The smallest absolute Gasteiger partial charge is 0.137 e. The van der Waals surface area contributed by atoms with Gasteiger partial charge in [-0.25, -0.2) is 0 Å². The maximum absolute atomic E-state index is 9.22. The monoisotopic (exact) mass is 407 g/mol. The Bertz CT molecular complexity index is 1020. The molecule has 0 spiro atoms. The van der Waals surface area contributed by atoms with E-state index in [1.54, 1.807) is 6.07 Å². The summed E-state index contributed by atoms with van der Waals surface area (Å²) in [6.07, 6.45) is 5.16. The predicted molar refractivity (Wildman–Crippen MR) is 120 cm³/mol. The van der Waals surface area contributed by atoms with Gasteiger partial charge in [0.05, 0.1) is 11.1 Å². The van der Waals surface area contributed by atoms with E-state index in [1.165, 1.54) is 36.8 Å². The molecule has 4 rings (SSSR count). The van der Waals surface area contributed by atoms with Gasteiger partial charge >= 0.3 is 0 Å². The molecule has 1 saturated heterocycles. The van der Waals surface area contributed by atoms with E-state index in [4.69, 9.17) is 9.72 Å². The van der Waals surface area contributed by atoms with Crippen molar-refractivity contribution in [2.24, 2.45) is 0 Å². The van der Waals surface area contributed by atoms with Gasteiger partial charge in [0, 0.05) is 29.9 Å². The van der Waals surface area contributed by atoms with Crippen LogP contribution in [0.1, 0.15) is 42.5 Å². The van der Waals surface area contributed by atoms with E-state index < -0.39 is 0 Å². The molecule has 150 valence electrons. The minimum Gasteiger partial charge on any atom is -0.488 e. The summed E-state index contributed by atoms with van der Waals surface area (Å²) in [6.45, 7) is 4.72. The van der Waals surface area contributed by atoms with E-state index in [0.29, 0.717) is 17.9 Å². The molecule has 0 atom stereocenters. The van der Waals surface area contributed by atoms with E-state index in [0.717, 1.165) is 29.9 Å². The van der Waals surface area contributed by atoms with Gasteiger partial charge in [-0.3, -0.25) is 4.98 Å². The molecule has 29 heavy (non-hydrogen) atoms. The fourth-order valence-electron chi connectivity index (χ4n) is 3.89. The molecule has 0 aliphatic carbocycles. The minimum atomic E-state index is 0. The van der Waals surface area contributed by atoms with Crippen LogP contribution in [0.25, 0.3) is 10.9 Å². The molecule has 0 bridgehead atoms. The summed E-state index contributed by atoms with van der Waals surface area (Å²) in [6, 6.07) is 18.1. The van der Waals surface area contributed by atoms with E-state index in [-0.39, 0.29) is 12.4 Å². The zero-order chi connectivity index (χ0) is 19.3. The summed E-state index contributed by atoms with van der Waals surface area (Å²) in [5.74, 6) is 0.618. The second kappa shape index (κ2) is 9.62. The number of pyridine rings is 1. The summed E-state index contributed by atoms with van der Waals surface area (Å²) >= 11 is 0. The fraction of sp³-hybridized carbons (Fsp3) is 0.333. The van der Waals surface area contributed by atoms with Crippen LogP contribution in [-0.2, 0) is 6.61 Å². The first-order valence-corrected chi connectivity index (χ1v) is 10.0. The lowest BCUT2D eigenvalue weighted by atomic mass is 10.1. The molecule has 1 fully saturated rings. The summed E-state index contributed by atoms with van der Waals surface area (Å²) < 4.78 is 5.90. The van der Waals surface area contributed by atoms with Crippen molar-refractivity contribution in [2.45, 2.75) is 39.2 Å². The Kier molecular flexibility index (Phi) is 6.95. The number of nitriles is 1. The second-order valence-electron chi connectivity index (χ2n) is 7.43. The zero-order valence-electron chi connectivity index (χ0n) is 16.7. The number of hydrogen-bond donors (Lipinski definition) is 0. The van der Waals surface area contributed by atoms with Gasteiger partial charge in [0.2, 0.25) is 0 Å². The summed E-state index contributed by atoms with van der Waals surface area (Å²) in [5, 5.41) is 10.4. The van der Waals surface area contributed by atoms with Gasteiger partial charge in [-0.1, -0.05) is 37.1 Å². The lowest BCUT2D eigenvalue weighted by Gasteiger charge is -2.24. The Hall–Kier alpha value is -2.77. The molecular formula is C24H26ClN3O. The largest absolute Gasteiger partial charge is 0.488 e. The van der Waals surface area contributed by atoms with Crippen molar-refractivity contribution in [3.05, 3.63) is 65.4 Å². The number of aromatic nitrogens is 1. The number of nitrogens with zero attached hydrogens (tertiary/aromatic N) is 3. The van der Waals surface area contributed by atoms with Crippen molar-refractivity contribution >= 4 is 29.0 Å². The van der Waals surface area contributed by atoms with Crippen molar-refractivity contribution < 1.29 is 4.74 Å². The van der Waals surface area contributed by atoms with Crippen molar-refractivity contribution in [3.8, 4) is 11.8 Å². The molecule has 1 aliphatic heterocycles. The van der Waals surface area contributed by atoms with Crippen LogP contribution in [0.15, 0.2) is 48.5 Å². The first kappa shape index (κ1) is 21.0. The third-order valence-electron chi connectivity index (χ3n) is 5.33. The summed E-state index contributed by atoms with van der Waals surface area (Å²) in [5.41, 5.74) is 4.96. The maximum atomic E-state index is 9.22. The van der Waals surface area contributed by atoms with Crippen LogP contribution < -0.4 is 9.64 Å². The highest BCUT2D eigenvalue weighted by Crippen LogP contribution is 2.30. The molecule has 0 unspecified atom stereocenters. The van der Waals surface area contributed by atoms with Crippen LogP contribution in [0.2, 0.25) is 0 Å². The molecule has 4 nitrogen and oxygen atoms in total. The van der Waals surface area contributed by atoms with Crippen molar-refractivity contribution in [3.63, 3.8) is 0 Å². The molecule has 2 heterocycles. The average molecular weight is 408 g/mol. The highest BCUT2D eigenvalue weighted by molar-refractivity contribution is 5.92. The molecule has 2 aromatic carbocycles. The Morgan fingerprint density at radius 2 is 1.79 bits per heavy atom. The van der Waals surface area contributed by atoms with Crippen LogP contribution in [0.4, 0.5) is 5.69 Å². The Balaban J connectivity index is 0.00000240. The Morgan fingerprint density at radius 3 is 2.55 bits per heavy atom. The molecule has 3 aromatic rings. The molecule has 5 heteroatoms. The van der Waals surface area contributed by atoms with Crippen LogP contribution >= 0.6 is 12.4 Å². The average Bonchev–Trinajstić information content (AvgIpc) is 3.01.